The summed E-state index contributed by atoms with van der Waals surface area (Å²) in [4.78, 5) is 28.4. The minimum absolute atomic E-state index is 0.0515. The monoisotopic (exact) mass is 536 g/mol. The molecule has 39 heavy (non-hydrogen) atoms. The van der Waals surface area contributed by atoms with Crippen molar-refractivity contribution < 1.29 is 23.8 Å². The van der Waals surface area contributed by atoms with Gasteiger partial charge in [-0.1, -0.05) is 39.8 Å². The average molecular weight is 537 g/mol. The van der Waals surface area contributed by atoms with Crippen molar-refractivity contribution in [3.8, 4) is 33.9 Å². The Hall–Kier alpha value is -3.85. The normalized spacial score (nSPS) is 11.1. The molecule has 9 nitrogen and oxygen atoms in total. The van der Waals surface area contributed by atoms with Crippen molar-refractivity contribution in [1.82, 2.24) is 20.4 Å². The van der Waals surface area contributed by atoms with Crippen LogP contribution in [-0.4, -0.2) is 74.0 Å². The number of esters is 1. The van der Waals surface area contributed by atoms with Crippen LogP contribution < -0.4 is 14.8 Å². The Balaban J connectivity index is 2.13. The summed E-state index contributed by atoms with van der Waals surface area (Å²) >= 11 is 0. The van der Waals surface area contributed by atoms with Crippen LogP contribution in [0, 0.1) is 0 Å². The fraction of sp³-hybridized carbons (Fsp3) is 0.433. The highest BCUT2D eigenvalue weighted by molar-refractivity contribution is 6.02. The summed E-state index contributed by atoms with van der Waals surface area (Å²) in [5.41, 5.74) is 4.04. The van der Waals surface area contributed by atoms with Gasteiger partial charge in [0.15, 0.2) is 5.69 Å². The molecule has 0 radical (unpaired) electrons. The van der Waals surface area contributed by atoms with E-state index in [9.17, 15) is 9.59 Å². The maximum Gasteiger partial charge on any atom is 0.357 e. The number of hydrogen-bond acceptors (Lipinski definition) is 7. The first kappa shape index (κ1) is 29.7. The lowest BCUT2D eigenvalue weighted by Gasteiger charge is -2.19. The zero-order valence-corrected chi connectivity index (χ0v) is 24.0. The summed E-state index contributed by atoms with van der Waals surface area (Å²) < 4.78 is 16.6. The molecule has 0 aliphatic carbocycles. The first-order chi connectivity index (χ1) is 18.8. The topological polar surface area (TPSA) is 106 Å². The van der Waals surface area contributed by atoms with Crippen molar-refractivity contribution in [3.63, 3.8) is 0 Å². The molecule has 1 aromatic heterocycles. The minimum atomic E-state index is -0.524. The summed E-state index contributed by atoms with van der Waals surface area (Å²) in [6.07, 6.45) is 0. The van der Waals surface area contributed by atoms with Crippen LogP contribution in [0.2, 0.25) is 0 Å². The Morgan fingerprint density at radius 1 is 1.00 bits per heavy atom. The molecular weight excluding hydrogens is 496 g/mol. The van der Waals surface area contributed by atoms with Gasteiger partial charge in [-0.2, -0.15) is 5.10 Å². The van der Waals surface area contributed by atoms with E-state index < -0.39 is 5.97 Å². The fourth-order valence-corrected chi connectivity index (χ4v) is 4.60. The van der Waals surface area contributed by atoms with Gasteiger partial charge in [-0.05, 0) is 61.3 Å². The zero-order valence-electron chi connectivity index (χ0n) is 24.0. The van der Waals surface area contributed by atoms with Crippen molar-refractivity contribution in [2.24, 2.45) is 0 Å². The number of rotatable bonds is 13. The smallest absolute Gasteiger partial charge is 0.357 e. The molecule has 2 N–H and O–H groups in total. The first-order valence-corrected chi connectivity index (χ1v) is 13.4. The molecule has 3 rings (SSSR count). The highest BCUT2D eigenvalue weighted by atomic mass is 16.5. The van der Waals surface area contributed by atoms with Crippen LogP contribution in [0.5, 0.6) is 11.5 Å². The van der Waals surface area contributed by atoms with E-state index in [4.69, 9.17) is 14.2 Å². The number of methoxy groups -OCH3 is 2. The predicted octanol–water partition coefficient (Wildman–Crippen LogP) is 5.13. The Morgan fingerprint density at radius 2 is 1.67 bits per heavy atom. The number of likely N-dealkylation sites (N-methyl/N-ethyl adjacent to an activating group) is 1. The fourth-order valence-electron chi connectivity index (χ4n) is 4.60. The summed E-state index contributed by atoms with van der Waals surface area (Å²) in [6.45, 7) is 13.5. The predicted molar refractivity (Wildman–Crippen MR) is 153 cm³/mol. The lowest BCUT2D eigenvalue weighted by molar-refractivity contribution is 0.0520. The molecule has 0 unspecified atom stereocenters. The van der Waals surface area contributed by atoms with E-state index in [1.54, 1.807) is 21.1 Å². The van der Waals surface area contributed by atoms with E-state index in [2.05, 4.69) is 34.3 Å². The van der Waals surface area contributed by atoms with Crippen LogP contribution in [0.1, 0.15) is 66.9 Å². The Morgan fingerprint density at radius 3 is 2.23 bits per heavy atom. The number of hydrogen-bond donors (Lipinski definition) is 2. The maximum atomic E-state index is 13.2. The Kier molecular flexibility index (Phi) is 10.5. The Labute approximate surface area is 230 Å². The summed E-state index contributed by atoms with van der Waals surface area (Å²) in [5, 5.41) is 10.4. The average Bonchev–Trinajstić information content (AvgIpc) is 3.39. The molecule has 2 aromatic carbocycles. The van der Waals surface area contributed by atoms with Crippen molar-refractivity contribution in [2.45, 2.75) is 40.5 Å². The number of nitrogens with one attached hydrogen (secondary N) is 2. The van der Waals surface area contributed by atoms with Crippen LogP contribution in [0.4, 0.5) is 0 Å². The van der Waals surface area contributed by atoms with Crippen LogP contribution >= 0.6 is 0 Å². The summed E-state index contributed by atoms with van der Waals surface area (Å²) in [6, 6.07) is 11.0. The van der Waals surface area contributed by atoms with E-state index in [0.717, 1.165) is 30.8 Å². The molecule has 210 valence electrons. The van der Waals surface area contributed by atoms with E-state index >= 15 is 0 Å². The third kappa shape index (κ3) is 6.60. The van der Waals surface area contributed by atoms with E-state index in [1.807, 2.05) is 50.2 Å². The molecule has 0 saturated heterocycles. The number of ether oxygens (including phenoxy) is 3. The van der Waals surface area contributed by atoms with Gasteiger partial charge < -0.3 is 24.4 Å². The molecule has 9 heteroatoms. The molecule has 0 saturated carbocycles. The Bertz CT molecular complexity index is 1260. The third-order valence-corrected chi connectivity index (χ3v) is 6.73. The minimum Gasteiger partial charge on any atom is -0.496 e. The molecular formula is C30H40N4O5. The SMILES string of the molecule is CCOC(=O)c1[nH]nc(-c2c(OC)cccc2OC)c1-c1ccc(C(=O)NCCN(CC)CC)c(C(C)C)c1. The molecule has 0 spiro atoms. The van der Waals surface area contributed by atoms with Crippen molar-refractivity contribution in [3.05, 3.63) is 53.2 Å². The van der Waals surface area contributed by atoms with Gasteiger partial charge >= 0.3 is 5.97 Å². The van der Waals surface area contributed by atoms with Gasteiger partial charge in [0.05, 0.1) is 26.4 Å². The van der Waals surface area contributed by atoms with Gasteiger partial charge in [-0.25, -0.2) is 4.79 Å². The standard InChI is InChI=1S/C30H40N4O5/c1-8-34(9-2)17-16-31-29(35)21-15-14-20(18-22(21)19(4)5)25-27(32-33-28(25)30(36)39-10-3)26-23(37-6)12-11-13-24(26)38-7/h11-15,18-19H,8-10,16-17H2,1-7H3,(H,31,35)(H,32,33). The van der Waals surface area contributed by atoms with E-state index in [-0.39, 0.29) is 24.1 Å². The number of aromatic nitrogens is 2. The lowest BCUT2D eigenvalue weighted by Crippen LogP contribution is -2.35. The van der Waals surface area contributed by atoms with Gasteiger partial charge in [0.25, 0.3) is 5.91 Å². The second-order valence-corrected chi connectivity index (χ2v) is 9.32. The van der Waals surface area contributed by atoms with Crippen molar-refractivity contribution >= 4 is 11.9 Å². The molecule has 1 heterocycles. The van der Waals surface area contributed by atoms with Gasteiger partial charge in [0, 0.05) is 24.2 Å². The van der Waals surface area contributed by atoms with E-state index in [0.29, 0.717) is 40.4 Å². The molecule has 0 aliphatic rings. The molecule has 0 atom stereocenters. The molecule has 0 fully saturated rings. The lowest BCUT2D eigenvalue weighted by atomic mass is 9.90. The van der Waals surface area contributed by atoms with E-state index in [1.165, 1.54) is 0 Å². The van der Waals surface area contributed by atoms with Crippen LogP contribution in [-0.2, 0) is 4.74 Å². The second kappa shape index (κ2) is 13.8. The second-order valence-electron chi connectivity index (χ2n) is 9.32. The number of amides is 1. The van der Waals surface area contributed by atoms with Gasteiger partial charge in [-0.15, -0.1) is 0 Å². The number of nitrogens with zero attached hydrogens (tertiary/aromatic N) is 2. The van der Waals surface area contributed by atoms with Crippen LogP contribution in [0.25, 0.3) is 22.4 Å². The molecule has 1 amide bonds. The number of carbonyl (C=O) groups is 2. The number of H-pyrrole nitrogens is 1. The maximum absolute atomic E-state index is 13.2. The zero-order chi connectivity index (χ0) is 28.5. The summed E-state index contributed by atoms with van der Waals surface area (Å²) in [7, 11) is 3.14. The number of benzene rings is 2. The van der Waals surface area contributed by atoms with Gasteiger partial charge in [0.1, 0.15) is 17.2 Å². The molecule has 0 aliphatic heterocycles. The third-order valence-electron chi connectivity index (χ3n) is 6.73. The quantitative estimate of drug-likeness (QED) is 0.292. The van der Waals surface area contributed by atoms with Gasteiger partial charge in [-0.3, -0.25) is 9.89 Å². The largest absolute Gasteiger partial charge is 0.496 e. The van der Waals surface area contributed by atoms with Gasteiger partial charge in [0.2, 0.25) is 0 Å². The molecule has 0 bridgehead atoms. The van der Waals surface area contributed by atoms with Crippen LogP contribution in [0.15, 0.2) is 36.4 Å². The molecule has 3 aromatic rings. The highest BCUT2D eigenvalue weighted by Gasteiger charge is 2.28. The number of aromatic amines is 1. The first-order valence-electron chi connectivity index (χ1n) is 13.4. The summed E-state index contributed by atoms with van der Waals surface area (Å²) in [5.74, 6) is 0.499. The van der Waals surface area contributed by atoms with Crippen molar-refractivity contribution in [2.75, 3.05) is 47.0 Å². The van der Waals surface area contributed by atoms with Crippen molar-refractivity contribution in [1.29, 1.82) is 0 Å². The highest BCUT2D eigenvalue weighted by Crippen LogP contribution is 2.43. The number of carbonyl (C=O) groups excluding carboxylic acids is 2. The van der Waals surface area contributed by atoms with Crippen LogP contribution in [0.3, 0.4) is 0 Å².